The summed E-state index contributed by atoms with van der Waals surface area (Å²) in [5, 5.41) is 9.66. The molecule has 2 aromatic heterocycles. The van der Waals surface area contributed by atoms with Crippen LogP contribution in [-0.4, -0.2) is 21.1 Å². The Balaban J connectivity index is 1.71. The van der Waals surface area contributed by atoms with Gasteiger partial charge in [0.05, 0.1) is 0 Å². The van der Waals surface area contributed by atoms with Crippen molar-refractivity contribution in [2.24, 2.45) is 0 Å². The maximum Gasteiger partial charge on any atom is 0.277 e. The molecule has 0 aromatic carbocycles. The van der Waals surface area contributed by atoms with Gasteiger partial charge in [-0.15, -0.1) is 0 Å². The molecule has 92 valence electrons. The van der Waals surface area contributed by atoms with Crippen LogP contribution in [0.3, 0.4) is 0 Å². The summed E-state index contributed by atoms with van der Waals surface area (Å²) in [6, 6.07) is 5.51. The first-order valence-electron chi connectivity index (χ1n) is 6.02. The Bertz CT molecular complexity index is 569. The summed E-state index contributed by atoms with van der Waals surface area (Å²) < 4.78 is 0. The number of hydrogen-bond acceptors (Lipinski definition) is 3. The monoisotopic (exact) mass is 242 g/mol. The number of rotatable bonds is 3. The number of H-pyrrole nitrogens is 1. The van der Waals surface area contributed by atoms with Gasteiger partial charge in [-0.1, -0.05) is 6.07 Å². The van der Waals surface area contributed by atoms with E-state index in [0.717, 1.165) is 11.3 Å². The van der Waals surface area contributed by atoms with Crippen LogP contribution in [0, 0.1) is 6.92 Å². The molecule has 1 fully saturated rings. The summed E-state index contributed by atoms with van der Waals surface area (Å²) in [5.41, 5.74) is 2.53. The summed E-state index contributed by atoms with van der Waals surface area (Å²) in [4.78, 5) is 16.0. The third-order valence-electron chi connectivity index (χ3n) is 3.00. The predicted octanol–water partition coefficient (Wildman–Crippen LogP) is 2.24. The second-order valence-electron chi connectivity index (χ2n) is 4.66. The first-order chi connectivity index (χ1) is 8.72. The highest BCUT2D eigenvalue weighted by Gasteiger charge is 2.26. The smallest absolute Gasteiger partial charge is 0.277 e. The number of aromatic amines is 1. The largest absolute Gasteiger partial charge is 0.305 e. The van der Waals surface area contributed by atoms with Crippen molar-refractivity contribution in [1.82, 2.24) is 15.2 Å². The lowest BCUT2D eigenvalue weighted by Crippen LogP contribution is -2.13. The van der Waals surface area contributed by atoms with Crippen LogP contribution in [-0.2, 0) is 0 Å². The number of carbonyl (C=O) groups is 1. The minimum Gasteiger partial charge on any atom is -0.305 e. The predicted molar refractivity (Wildman–Crippen MR) is 67.5 cm³/mol. The Hall–Kier alpha value is -2.17. The van der Waals surface area contributed by atoms with Gasteiger partial charge in [-0.05, 0) is 37.5 Å². The van der Waals surface area contributed by atoms with Gasteiger partial charge in [-0.3, -0.25) is 9.89 Å². The molecule has 0 bridgehead atoms. The Morgan fingerprint density at radius 2 is 2.28 bits per heavy atom. The summed E-state index contributed by atoms with van der Waals surface area (Å²) in [7, 11) is 0. The lowest BCUT2D eigenvalue weighted by atomic mass is 10.2. The second kappa shape index (κ2) is 4.25. The Morgan fingerprint density at radius 1 is 1.44 bits per heavy atom. The quantitative estimate of drug-likeness (QED) is 0.867. The molecule has 0 spiro atoms. The number of pyridine rings is 1. The van der Waals surface area contributed by atoms with Gasteiger partial charge in [0.2, 0.25) is 0 Å². The van der Waals surface area contributed by atoms with Crippen molar-refractivity contribution in [3.8, 4) is 0 Å². The van der Waals surface area contributed by atoms with E-state index in [1.807, 2.05) is 19.1 Å². The number of aryl methyl sites for hydroxylation is 1. The molecule has 0 atom stereocenters. The van der Waals surface area contributed by atoms with Crippen molar-refractivity contribution in [2.75, 3.05) is 5.32 Å². The SMILES string of the molecule is Cc1ccc(NC(=O)c2cc(C3CC3)[nH]n2)nc1. The van der Waals surface area contributed by atoms with Crippen molar-refractivity contribution < 1.29 is 4.79 Å². The first kappa shape index (κ1) is 11.0. The molecule has 1 aliphatic carbocycles. The maximum atomic E-state index is 11.9. The fourth-order valence-electron chi connectivity index (χ4n) is 1.78. The molecule has 1 amide bonds. The third-order valence-corrected chi connectivity index (χ3v) is 3.00. The van der Waals surface area contributed by atoms with E-state index in [2.05, 4.69) is 20.5 Å². The molecule has 2 aromatic rings. The standard InChI is InChI=1S/C13H14N4O/c1-8-2-5-12(14-7-8)15-13(18)11-6-10(16-17-11)9-3-4-9/h2,5-7,9H,3-4H2,1H3,(H,16,17)(H,14,15,18). The molecule has 1 aliphatic rings. The van der Waals surface area contributed by atoms with E-state index in [-0.39, 0.29) is 5.91 Å². The van der Waals surface area contributed by atoms with E-state index in [9.17, 15) is 4.79 Å². The number of nitrogens with zero attached hydrogens (tertiary/aromatic N) is 2. The van der Waals surface area contributed by atoms with E-state index in [1.165, 1.54) is 12.8 Å². The fraction of sp³-hybridized carbons (Fsp3) is 0.308. The number of amides is 1. The molecule has 2 N–H and O–H groups in total. The molecule has 0 radical (unpaired) electrons. The molecular formula is C13H14N4O. The van der Waals surface area contributed by atoms with Gasteiger partial charge in [-0.25, -0.2) is 4.98 Å². The summed E-state index contributed by atoms with van der Waals surface area (Å²) in [6.07, 6.45) is 4.08. The number of carbonyl (C=O) groups excluding carboxylic acids is 1. The van der Waals surface area contributed by atoms with Crippen LogP contribution in [0.1, 0.15) is 40.5 Å². The van der Waals surface area contributed by atoms with Gasteiger partial charge < -0.3 is 5.32 Å². The molecule has 5 nitrogen and oxygen atoms in total. The maximum absolute atomic E-state index is 11.9. The summed E-state index contributed by atoms with van der Waals surface area (Å²) in [5.74, 6) is 0.882. The van der Waals surface area contributed by atoms with Gasteiger partial charge in [0.15, 0.2) is 5.69 Å². The molecule has 1 saturated carbocycles. The molecule has 5 heteroatoms. The zero-order chi connectivity index (χ0) is 12.5. The van der Waals surface area contributed by atoms with Crippen LogP contribution >= 0.6 is 0 Å². The van der Waals surface area contributed by atoms with Crippen molar-refractivity contribution in [3.63, 3.8) is 0 Å². The Kier molecular flexibility index (Phi) is 2.59. The molecule has 0 saturated heterocycles. The number of nitrogens with one attached hydrogen (secondary N) is 2. The normalized spacial score (nSPS) is 14.5. The second-order valence-corrected chi connectivity index (χ2v) is 4.66. The molecule has 3 rings (SSSR count). The minimum absolute atomic E-state index is 0.227. The van der Waals surface area contributed by atoms with Crippen molar-refractivity contribution in [3.05, 3.63) is 41.3 Å². The van der Waals surface area contributed by atoms with Crippen LogP contribution in [0.25, 0.3) is 0 Å². The minimum atomic E-state index is -0.227. The lowest BCUT2D eigenvalue weighted by Gasteiger charge is -2.01. The molecule has 18 heavy (non-hydrogen) atoms. The average molecular weight is 242 g/mol. The van der Waals surface area contributed by atoms with Crippen molar-refractivity contribution in [1.29, 1.82) is 0 Å². The third kappa shape index (κ3) is 2.25. The van der Waals surface area contributed by atoms with E-state index in [1.54, 1.807) is 12.3 Å². The van der Waals surface area contributed by atoms with Gasteiger partial charge in [0, 0.05) is 17.8 Å². The van der Waals surface area contributed by atoms with E-state index < -0.39 is 0 Å². The number of aromatic nitrogens is 3. The highest BCUT2D eigenvalue weighted by Crippen LogP contribution is 2.38. The summed E-state index contributed by atoms with van der Waals surface area (Å²) in [6.45, 7) is 1.95. The Morgan fingerprint density at radius 3 is 2.94 bits per heavy atom. The average Bonchev–Trinajstić information content (AvgIpc) is 3.10. The first-order valence-corrected chi connectivity index (χ1v) is 6.02. The Labute approximate surface area is 105 Å². The number of anilines is 1. The van der Waals surface area contributed by atoms with Gasteiger partial charge in [0.25, 0.3) is 5.91 Å². The van der Waals surface area contributed by atoms with Crippen LogP contribution in [0.2, 0.25) is 0 Å². The van der Waals surface area contributed by atoms with Gasteiger partial charge >= 0.3 is 0 Å². The number of hydrogen-bond donors (Lipinski definition) is 2. The molecule has 0 unspecified atom stereocenters. The lowest BCUT2D eigenvalue weighted by molar-refractivity contribution is 0.102. The van der Waals surface area contributed by atoms with Crippen molar-refractivity contribution in [2.45, 2.75) is 25.7 Å². The molecule has 2 heterocycles. The van der Waals surface area contributed by atoms with Gasteiger partial charge in [0.1, 0.15) is 5.82 Å². The van der Waals surface area contributed by atoms with Gasteiger partial charge in [-0.2, -0.15) is 5.10 Å². The topological polar surface area (TPSA) is 70.7 Å². The molecular weight excluding hydrogens is 228 g/mol. The van der Waals surface area contributed by atoms with E-state index in [4.69, 9.17) is 0 Å². The van der Waals surface area contributed by atoms with Crippen LogP contribution < -0.4 is 5.32 Å². The van der Waals surface area contributed by atoms with Crippen molar-refractivity contribution >= 4 is 11.7 Å². The van der Waals surface area contributed by atoms with Crippen LogP contribution in [0.4, 0.5) is 5.82 Å². The van der Waals surface area contributed by atoms with E-state index in [0.29, 0.717) is 17.4 Å². The fourth-order valence-corrected chi connectivity index (χ4v) is 1.78. The zero-order valence-corrected chi connectivity index (χ0v) is 10.1. The highest BCUT2D eigenvalue weighted by atomic mass is 16.2. The molecule has 0 aliphatic heterocycles. The van der Waals surface area contributed by atoms with Crippen LogP contribution in [0.15, 0.2) is 24.4 Å². The van der Waals surface area contributed by atoms with Crippen LogP contribution in [0.5, 0.6) is 0 Å². The highest BCUT2D eigenvalue weighted by molar-refractivity contribution is 6.02. The van der Waals surface area contributed by atoms with E-state index >= 15 is 0 Å². The summed E-state index contributed by atoms with van der Waals surface area (Å²) >= 11 is 0. The zero-order valence-electron chi connectivity index (χ0n) is 10.1.